The van der Waals surface area contributed by atoms with E-state index in [0.717, 1.165) is 25.1 Å². The van der Waals surface area contributed by atoms with Gasteiger partial charge in [0.25, 0.3) is 0 Å². The summed E-state index contributed by atoms with van der Waals surface area (Å²) < 4.78 is 2.01. The van der Waals surface area contributed by atoms with Crippen LogP contribution in [-0.4, -0.2) is 27.3 Å². The van der Waals surface area contributed by atoms with Crippen LogP contribution in [-0.2, 0) is 6.54 Å². The first-order valence-corrected chi connectivity index (χ1v) is 7.76. The molecule has 112 valence electrons. The maximum absolute atomic E-state index is 9.16. The Hall–Kier alpha value is -1.65. The molecule has 1 aromatic carbocycles. The van der Waals surface area contributed by atoms with E-state index in [1.807, 2.05) is 17.1 Å². The average molecular weight is 285 g/mol. The Kier molecular flexibility index (Phi) is 4.68. The van der Waals surface area contributed by atoms with Crippen LogP contribution in [0.25, 0.3) is 5.69 Å². The summed E-state index contributed by atoms with van der Waals surface area (Å²) in [4.78, 5) is 4.06. The van der Waals surface area contributed by atoms with E-state index in [9.17, 15) is 0 Å². The Balaban J connectivity index is 1.50. The number of imidazole rings is 1. The third-order valence-electron chi connectivity index (χ3n) is 4.44. The van der Waals surface area contributed by atoms with E-state index in [2.05, 4.69) is 34.6 Å². The molecule has 1 aliphatic rings. The number of aliphatic hydroxyl groups is 1. The lowest BCUT2D eigenvalue weighted by atomic mass is 9.86. The van der Waals surface area contributed by atoms with Crippen LogP contribution in [0.15, 0.2) is 43.0 Å². The molecule has 0 radical (unpaired) electrons. The largest absolute Gasteiger partial charge is 0.396 e. The zero-order valence-corrected chi connectivity index (χ0v) is 12.3. The summed E-state index contributed by atoms with van der Waals surface area (Å²) in [6, 6.07) is 9.19. The van der Waals surface area contributed by atoms with Gasteiger partial charge in [-0.25, -0.2) is 4.98 Å². The van der Waals surface area contributed by atoms with Crippen LogP contribution >= 0.6 is 0 Å². The summed E-state index contributed by atoms with van der Waals surface area (Å²) in [5, 5.41) is 12.8. The number of nitrogens with zero attached hydrogens (tertiary/aromatic N) is 2. The zero-order chi connectivity index (χ0) is 14.5. The average Bonchev–Trinajstić information content (AvgIpc) is 3.08. The number of aromatic nitrogens is 2. The van der Waals surface area contributed by atoms with Crippen molar-refractivity contribution in [1.82, 2.24) is 14.9 Å². The van der Waals surface area contributed by atoms with Crippen molar-refractivity contribution < 1.29 is 5.11 Å². The van der Waals surface area contributed by atoms with Gasteiger partial charge in [-0.3, -0.25) is 0 Å². The molecule has 1 fully saturated rings. The fraction of sp³-hybridized carbons (Fsp3) is 0.471. The lowest BCUT2D eigenvalue weighted by Gasteiger charge is -2.28. The third-order valence-corrected chi connectivity index (χ3v) is 4.44. The number of nitrogens with one attached hydrogen (secondary N) is 1. The predicted octanol–water partition coefficient (Wildman–Crippen LogP) is 2.51. The van der Waals surface area contributed by atoms with Crippen molar-refractivity contribution in [2.24, 2.45) is 5.92 Å². The highest BCUT2D eigenvalue weighted by molar-refractivity contribution is 5.34. The Morgan fingerprint density at radius 3 is 2.52 bits per heavy atom. The van der Waals surface area contributed by atoms with Crippen LogP contribution < -0.4 is 5.32 Å². The second-order valence-electron chi connectivity index (χ2n) is 5.92. The molecule has 0 aliphatic heterocycles. The molecule has 0 saturated heterocycles. The Bertz CT molecular complexity index is 528. The Morgan fingerprint density at radius 1 is 1.14 bits per heavy atom. The molecular formula is C17H23N3O. The van der Waals surface area contributed by atoms with Crippen LogP contribution in [0.1, 0.15) is 31.2 Å². The highest BCUT2D eigenvalue weighted by atomic mass is 16.3. The van der Waals surface area contributed by atoms with Gasteiger partial charge in [0, 0.05) is 37.3 Å². The summed E-state index contributed by atoms with van der Waals surface area (Å²) in [6.07, 6.45) is 10.2. The SMILES string of the molecule is OCC1CCC(NCc2ccc(-n3ccnc3)cc2)CC1. The number of rotatable bonds is 5. The smallest absolute Gasteiger partial charge is 0.0991 e. The van der Waals surface area contributed by atoms with Crippen molar-refractivity contribution in [3.8, 4) is 5.69 Å². The summed E-state index contributed by atoms with van der Waals surface area (Å²) in [7, 11) is 0. The fourth-order valence-electron chi connectivity index (χ4n) is 3.01. The highest BCUT2D eigenvalue weighted by Gasteiger charge is 2.19. The number of hydrogen-bond acceptors (Lipinski definition) is 3. The van der Waals surface area contributed by atoms with Gasteiger partial charge in [-0.2, -0.15) is 0 Å². The van der Waals surface area contributed by atoms with Crippen LogP contribution in [0.4, 0.5) is 0 Å². The molecule has 0 bridgehead atoms. The highest BCUT2D eigenvalue weighted by Crippen LogP contribution is 2.23. The van der Waals surface area contributed by atoms with Gasteiger partial charge in [-0.05, 0) is 49.3 Å². The van der Waals surface area contributed by atoms with Crippen molar-refractivity contribution in [2.75, 3.05) is 6.61 Å². The first-order valence-electron chi connectivity index (χ1n) is 7.76. The normalized spacial score (nSPS) is 22.3. The summed E-state index contributed by atoms with van der Waals surface area (Å²) in [5.74, 6) is 0.525. The van der Waals surface area contributed by atoms with Gasteiger partial charge in [0.1, 0.15) is 0 Å². The third kappa shape index (κ3) is 3.71. The van der Waals surface area contributed by atoms with Crippen LogP contribution in [0.2, 0.25) is 0 Å². The topological polar surface area (TPSA) is 50.1 Å². The molecule has 0 atom stereocenters. The minimum absolute atomic E-state index is 0.350. The first-order chi connectivity index (χ1) is 10.3. The zero-order valence-electron chi connectivity index (χ0n) is 12.3. The summed E-state index contributed by atoms with van der Waals surface area (Å²) in [5.41, 5.74) is 2.45. The summed E-state index contributed by atoms with van der Waals surface area (Å²) >= 11 is 0. The molecule has 2 N–H and O–H groups in total. The molecule has 4 nitrogen and oxygen atoms in total. The van der Waals surface area contributed by atoms with Crippen molar-refractivity contribution in [1.29, 1.82) is 0 Å². The molecular weight excluding hydrogens is 262 g/mol. The van der Waals surface area contributed by atoms with E-state index >= 15 is 0 Å². The van der Waals surface area contributed by atoms with Gasteiger partial charge < -0.3 is 15.0 Å². The van der Waals surface area contributed by atoms with Crippen molar-refractivity contribution in [2.45, 2.75) is 38.3 Å². The van der Waals surface area contributed by atoms with Crippen LogP contribution in [0, 0.1) is 5.92 Å². The van der Waals surface area contributed by atoms with Gasteiger partial charge in [0.2, 0.25) is 0 Å². The van der Waals surface area contributed by atoms with Gasteiger partial charge >= 0.3 is 0 Å². The minimum atomic E-state index is 0.350. The van der Waals surface area contributed by atoms with E-state index in [1.54, 1.807) is 6.20 Å². The van der Waals surface area contributed by atoms with E-state index < -0.39 is 0 Å². The molecule has 4 heteroatoms. The van der Waals surface area contributed by atoms with E-state index in [1.165, 1.54) is 18.4 Å². The van der Waals surface area contributed by atoms with Crippen molar-refractivity contribution >= 4 is 0 Å². The van der Waals surface area contributed by atoms with Gasteiger partial charge in [-0.1, -0.05) is 12.1 Å². The van der Waals surface area contributed by atoms with Gasteiger partial charge in [0.05, 0.1) is 6.33 Å². The molecule has 1 saturated carbocycles. The molecule has 21 heavy (non-hydrogen) atoms. The Morgan fingerprint density at radius 2 is 1.90 bits per heavy atom. The standard InChI is InChI=1S/C17H23N3O/c21-12-15-1-5-16(6-2-15)19-11-14-3-7-17(8-4-14)20-10-9-18-13-20/h3-4,7-10,13,15-16,19,21H,1-2,5-6,11-12H2. The first kappa shape index (κ1) is 14.3. The predicted molar refractivity (Wildman–Crippen MR) is 83.2 cm³/mol. The monoisotopic (exact) mass is 285 g/mol. The second kappa shape index (κ2) is 6.87. The van der Waals surface area contributed by atoms with Gasteiger partial charge in [-0.15, -0.1) is 0 Å². The van der Waals surface area contributed by atoms with Crippen LogP contribution in [0.3, 0.4) is 0 Å². The van der Waals surface area contributed by atoms with Crippen molar-refractivity contribution in [3.63, 3.8) is 0 Å². The van der Waals surface area contributed by atoms with Crippen molar-refractivity contribution in [3.05, 3.63) is 48.5 Å². The molecule has 0 amide bonds. The lowest BCUT2D eigenvalue weighted by molar-refractivity contribution is 0.175. The molecule has 1 aromatic heterocycles. The molecule has 1 heterocycles. The maximum atomic E-state index is 9.16. The van der Waals surface area contributed by atoms with E-state index in [0.29, 0.717) is 18.6 Å². The molecule has 1 aliphatic carbocycles. The second-order valence-corrected chi connectivity index (χ2v) is 5.92. The lowest BCUT2D eigenvalue weighted by Crippen LogP contribution is -2.33. The molecule has 2 aromatic rings. The van der Waals surface area contributed by atoms with Gasteiger partial charge in [0.15, 0.2) is 0 Å². The number of hydrogen-bond donors (Lipinski definition) is 2. The fourth-order valence-corrected chi connectivity index (χ4v) is 3.01. The number of aliphatic hydroxyl groups excluding tert-OH is 1. The quantitative estimate of drug-likeness (QED) is 0.887. The molecule has 3 rings (SSSR count). The number of benzene rings is 1. The summed E-state index contributed by atoms with van der Waals surface area (Å²) in [6.45, 7) is 1.26. The van der Waals surface area contributed by atoms with E-state index in [-0.39, 0.29) is 0 Å². The van der Waals surface area contributed by atoms with Crippen LogP contribution in [0.5, 0.6) is 0 Å². The molecule has 0 unspecified atom stereocenters. The minimum Gasteiger partial charge on any atom is -0.396 e. The van der Waals surface area contributed by atoms with E-state index in [4.69, 9.17) is 5.11 Å². The maximum Gasteiger partial charge on any atom is 0.0991 e. The Labute approximate surface area is 125 Å². The molecule has 0 spiro atoms.